The zero-order chi connectivity index (χ0) is 18.4. The number of carbonyl (C=O) groups excluding carboxylic acids is 2. The van der Waals surface area contributed by atoms with Crippen LogP contribution in [0.4, 0.5) is 0 Å². The van der Waals surface area contributed by atoms with Crippen molar-refractivity contribution in [1.82, 2.24) is 10.2 Å². The van der Waals surface area contributed by atoms with Crippen molar-refractivity contribution in [3.05, 3.63) is 22.4 Å². The smallest absolute Gasteiger partial charge is 0.248 e. The Kier molecular flexibility index (Phi) is 7.38. The summed E-state index contributed by atoms with van der Waals surface area (Å²) >= 11 is 7.49. The number of alkyl halides is 1. The Morgan fingerprint density at radius 1 is 1.12 bits per heavy atom. The van der Waals surface area contributed by atoms with E-state index >= 15 is 0 Å². The summed E-state index contributed by atoms with van der Waals surface area (Å²) in [5.74, 6) is -0.242. The fraction of sp³-hybridized carbons (Fsp3) is 0.700. The van der Waals surface area contributed by atoms with Crippen molar-refractivity contribution in [2.75, 3.05) is 5.88 Å². The Balaban J connectivity index is 1.84. The first-order valence-corrected chi connectivity index (χ1v) is 11.3. The minimum absolute atomic E-state index is 0.0385. The standard InChI is InChI=1S/C20H29ClN2O2S/c21-14-18(24)23(16-10-5-2-6-11-16)19(17-12-7-13-26-17)20(25)22-15-8-3-1-4-9-15/h7,12-13,15-16,19H,1-6,8-11,14H2,(H,22,25)/t19-/m0/s1. The van der Waals surface area contributed by atoms with Crippen LogP contribution in [0.25, 0.3) is 0 Å². The van der Waals surface area contributed by atoms with E-state index in [1.807, 2.05) is 17.5 Å². The molecule has 0 radical (unpaired) electrons. The normalized spacial score (nSPS) is 20.5. The molecular weight excluding hydrogens is 368 g/mol. The number of hydrogen-bond donors (Lipinski definition) is 1. The highest BCUT2D eigenvalue weighted by molar-refractivity contribution is 7.10. The van der Waals surface area contributed by atoms with Crippen LogP contribution in [-0.4, -0.2) is 34.7 Å². The molecule has 26 heavy (non-hydrogen) atoms. The van der Waals surface area contributed by atoms with Crippen LogP contribution in [-0.2, 0) is 9.59 Å². The van der Waals surface area contributed by atoms with Crippen LogP contribution in [0.5, 0.6) is 0 Å². The van der Waals surface area contributed by atoms with Crippen molar-refractivity contribution in [2.45, 2.75) is 82.3 Å². The van der Waals surface area contributed by atoms with Crippen molar-refractivity contribution in [1.29, 1.82) is 0 Å². The molecule has 144 valence electrons. The number of nitrogens with one attached hydrogen (secondary N) is 1. The fourth-order valence-corrected chi connectivity index (χ4v) is 5.31. The van der Waals surface area contributed by atoms with Crippen LogP contribution in [0, 0.1) is 0 Å². The van der Waals surface area contributed by atoms with Crippen molar-refractivity contribution < 1.29 is 9.59 Å². The molecule has 1 atom stereocenters. The molecule has 0 saturated heterocycles. The van der Waals surface area contributed by atoms with Crippen molar-refractivity contribution in [2.24, 2.45) is 0 Å². The summed E-state index contributed by atoms with van der Waals surface area (Å²) in [4.78, 5) is 28.8. The largest absolute Gasteiger partial charge is 0.351 e. The summed E-state index contributed by atoms with van der Waals surface area (Å²) < 4.78 is 0. The molecule has 2 saturated carbocycles. The van der Waals surface area contributed by atoms with Gasteiger partial charge in [0.2, 0.25) is 11.8 Å². The molecule has 1 N–H and O–H groups in total. The third-order valence-electron chi connectivity index (χ3n) is 5.66. The molecule has 0 spiro atoms. The lowest BCUT2D eigenvalue weighted by Crippen LogP contribution is -2.51. The third kappa shape index (κ3) is 4.80. The Morgan fingerprint density at radius 2 is 1.77 bits per heavy atom. The van der Waals surface area contributed by atoms with Gasteiger partial charge in [0.1, 0.15) is 11.9 Å². The molecule has 2 fully saturated rings. The van der Waals surface area contributed by atoms with Gasteiger partial charge in [-0.25, -0.2) is 0 Å². The molecule has 1 heterocycles. The van der Waals surface area contributed by atoms with E-state index < -0.39 is 6.04 Å². The van der Waals surface area contributed by atoms with Gasteiger partial charge in [0.25, 0.3) is 0 Å². The Labute approximate surface area is 165 Å². The fourth-order valence-electron chi connectivity index (χ4n) is 4.35. The maximum Gasteiger partial charge on any atom is 0.248 e. The first-order valence-electron chi connectivity index (χ1n) is 9.91. The SMILES string of the molecule is O=C(NC1CCCCC1)[C@H](c1cccs1)N(C(=O)CCl)C1CCCCC1. The van der Waals surface area contributed by atoms with E-state index in [0.717, 1.165) is 43.4 Å². The minimum Gasteiger partial charge on any atom is -0.351 e. The highest BCUT2D eigenvalue weighted by Crippen LogP contribution is 2.33. The Bertz CT molecular complexity index is 581. The van der Waals surface area contributed by atoms with E-state index in [1.165, 1.54) is 25.7 Å². The monoisotopic (exact) mass is 396 g/mol. The molecule has 4 nitrogen and oxygen atoms in total. The zero-order valence-corrected chi connectivity index (χ0v) is 16.9. The maximum absolute atomic E-state index is 13.3. The van der Waals surface area contributed by atoms with Gasteiger partial charge in [-0.2, -0.15) is 0 Å². The van der Waals surface area contributed by atoms with Crippen molar-refractivity contribution in [3.8, 4) is 0 Å². The Hall–Kier alpha value is -1.07. The predicted octanol–water partition coefficient (Wildman–Crippen LogP) is 4.64. The van der Waals surface area contributed by atoms with E-state index in [9.17, 15) is 9.59 Å². The van der Waals surface area contributed by atoms with Gasteiger partial charge in [0, 0.05) is 17.0 Å². The second-order valence-electron chi connectivity index (χ2n) is 7.49. The average molecular weight is 397 g/mol. The van der Waals surface area contributed by atoms with Crippen molar-refractivity contribution >= 4 is 34.8 Å². The summed E-state index contributed by atoms with van der Waals surface area (Å²) in [6.07, 6.45) is 11.0. The summed E-state index contributed by atoms with van der Waals surface area (Å²) in [5.41, 5.74) is 0. The lowest BCUT2D eigenvalue weighted by atomic mass is 9.92. The number of halogens is 1. The number of hydrogen-bond acceptors (Lipinski definition) is 3. The number of rotatable bonds is 6. The first-order chi connectivity index (χ1) is 12.7. The highest BCUT2D eigenvalue weighted by Gasteiger charge is 2.37. The molecule has 3 rings (SSSR count). The second kappa shape index (κ2) is 9.75. The lowest BCUT2D eigenvalue weighted by Gasteiger charge is -2.39. The molecule has 0 aromatic carbocycles. The van der Waals surface area contributed by atoms with E-state index in [-0.39, 0.29) is 29.8 Å². The molecule has 2 aliphatic rings. The van der Waals surface area contributed by atoms with Gasteiger partial charge in [-0.3, -0.25) is 9.59 Å². The molecule has 0 bridgehead atoms. The topological polar surface area (TPSA) is 49.4 Å². The highest BCUT2D eigenvalue weighted by atomic mass is 35.5. The average Bonchev–Trinajstić information content (AvgIpc) is 3.21. The molecule has 1 aromatic heterocycles. The van der Waals surface area contributed by atoms with Gasteiger partial charge in [0.05, 0.1) is 0 Å². The van der Waals surface area contributed by atoms with Crippen LogP contribution < -0.4 is 5.32 Å². The lowest BCUT2D eigenvalue weighted by molar-refractivity contribution is -0.142. The molecule has 6 heteroatoms. The molecule has 1 aromatic rings. The molecule has 0 aliphatic heterocycles. The van der Waals surface area contributed by atoms with Gasteiger partial charge in [-0.05, 0) is 37.1 Å². The van der Waals surface area contributed by atoms with E-state index in [1.54, 1.807) is 16.2 Å². The first kappa shape index (κ1) is 19.7. The van der Waals surface area contributed by atoms with Crippen LogP contribution in [0.1, 0.15) is 75.1 Å². The quantitative estimate of drug-likeness (QED) is 0.712. The molecular formula is C20H29ClN2O2S. The van der Waals surface area contributed by atoms with Crippen molar-refractivity contribution in [3.63, 3.8) is 0 Å². The summed E-state index contributed by atoms with van der Waals surface area (Å²) in [5, 5.41) is 5.21. The van der Waals surface area contributed by atoms with E-state index in [4.69, 9.17) is 11.6 Å². The second-order valence-corrected chi connectivity index (χ2v) is 8.73. The maximum atomic E-state index is 13.3. The molecule has 0 unspecified atom stereocenters. The summed E-state index contributed by atoms with van der Waals surface area (Å²) in [6.45, 7) is 0. The summed E-state index contributed by atoms with van der Waals surface area (Å²) in [6, 6.07) is 3.71. The van der Waals surface area contributed by atoms with E-state index in [2.05, 4.69) is 5.32 Å². The minimum atomic E-state index is -0.550. The van der Waals surface area contributed by atoms with Crippen LogP contribution in [0.15, 0.2) is 17.5 Å². The van der Waals surface area contributed by atoms with Crippen LogP contribution in [0.3, 0.4) is 0 Å². The number of amides is 2. The Morgan fingerprint density at radius 3 is 2.35 bits per heavy atom. The summed E-state index contributed by atoms with van der Waals surface area (Å²) in [7, 11) is 0. The third-order valence-corrected chi connectivity index (χ3v) is 6.81. The zero-order valence-electron chi connectivity index (χ0n) is 15.3. The number of thiophene rings is 1. The number of nitrogens with zero attached hydrogens (tertiary/aromatic N) is 1. The van der Waals surface area contributed by atoms with Gasteiger partial charge >= 0.3 is 0 Å². The van der Waals surface area contributed by atoms with Gasteiger partial charge < -0.3 is 10.2 Å². The van der Waals surface area contributed by atoms with E-state index in [0.29, 0.717) is 0 Å². The predicted molar refractivity (Wildman–Crippen MR) is 107 cm³/mol. The van der Waals surface area contributed by atoms with Gasteiger partial charge in [0.15, 0.2) is 0 Å². The van der Waals surface area contributed by atoms with Crippen LogP contribution in [0.2, 0.25) is 0 Å². The van der Waals surface area contributed by atoms with Crippen LogP contribution >= 0.6 is 22.9 Å². The molecule has 2 amide bonds. The molecule has 2 aliphatic carbocycles. The number of carbonyl (C=O) groups is 2. The van der Waals surface area contributed by atoms with Gasteiger partial charge in [-0.1, -0.05) is 44.6 Å². The van der Waals surface area contributed by atoms with Gasteiger partial charge in [-0.15, -0.1) is 22.9 Å².